The average Bonchev–Trinajstić information content (AvgIpc) is 3.17. The molecule has 0 saturated heterocycles. The summed E-state index contributed by atoms with van der Waals surface area (Å²) in [6, 6.07) is 10.3. The molecule has 0 bridgehead atoms. The van der Waals surface area contributed by atoms with Crippen molar-refractivity contribution in [3.8, 4) is 6.07 Å². The first kappa shape index (κ1) is 19.3. The number of hydrogen-bond donors (Lipinski definition) is 1. The molecule has 1 N–H and O–H groups in total. The fraction of sp³-hybridized carbons (Fsp3) is 0.263. The largest absolute Gasteiger partial charge is 0.329 e. The minimum absolute atomic E-state index is 0.0453. The van der Waals surface area contributed by atoms with E-state index in [9.17, 15) is 14.9 Å². The number of para-hydroxylation sites is 1. The van der Waals surface area contributed by atoms with Crippen molar-refractivity contribution in [2.45, 2.75) is 25.8 Å². The fourth-order valence-corrected chi connectivity index (χ4v) is 2.99. The van der Waals surface area contributed by atoms with Crippen LogP contribution in [0.15, 0.2) is 47.5 Å². The van der Waals surface area contributed by atoms with Gasteiger partial charge in [-0.1, -0.05) is 31.5 Å². The van der Waals surface area contributed by atoms with E-state index in [4.69, 9.17) is 0 Å². The third-order valence-corrected chi connectivity index (χ3v) is 4.49. The number of thiazole rings is 1. The van der Waals surface area contributed by atoms with Gasteiger partial charge < -0.3 is 10.2 Å². The number of nitriles is 1. The molecule has 2 amide bonds. The van der Waals surface area contributed by atoms with E-state index in [1.807, 2.05) is 31.2 Å². The lowest BCUT2D eigenvalue weighted by Crippen LogP contribution is -2.45. The molecule has 1 atom stereocenters. The Balaban J connectivity index is 2.18. The maximum atomic E-state index is 12.7. The van der Waals surface area contributed by atoms with Crippen molar-refractivity contribution in [2.75, 3.05) is 12.4 Å². The van der Waals surface area contributed by atoms with E-state index < -0.39 is 11.9 Å². The summed E-state index contributed by atoms with van der Waals surface area (Å²) in [4.78, 5) is 30.7. The Morgan fingerprint density at radius 3 is 2.69 bits per heavy atom. The number of anilines is 1. The van der Waals surface area contributed by atoms with Gasteiger partial charge in [0.25, 0.3) is 5.91 Å². The van der Waals surface area contributed by atoms with Crippen LogP contribution in [0.4, 0.5) is 5.69 Å². The maximum Gasteiger partial charge on any atom is 0.265 e. The lowest BCUT2D eigenvalue weighted by molar-refractivity contribution is -0.133. The van der Waals surface area contributed by atoms with Gasteiger partial charge in [-0.05, 0) is 24.6 Å². The SMILES string of the molecule is CCCC(C(=O)Nc1ccccc1)N(C)C(=O)C(C#N)=Cc1nccs1. The molecule has 7 heteroatoms. The Labute approximate surface area is 156 Å². The molecule has 0 saturated carbocycles. The number of likely N-dealkylation sites (N-methyl/N-ethyl adjacent to an activating group) is 1. The molecule has 26 heavy (non-hydrogen) atoms. The molecule has 0 fully saturated rings. The zero-order valence-corrected chi connectivity index (χ0v) is 15.5. The molecule has 0 radical (unpaired) electrons. The fourth-order valence-electron chi connectivity index (χ4n) is 2.42. The van der Waals surface area contributed by atoms with Crippen LogP contribution in [0.25, 0.3) is 6.08 Å². The van der Waals surface area contributed by atoms with Crippen LogP contribution in [-0.2, 0) is 9.59 Å². The highest BCUT2D eigenvalue weighted by molar-refractivity contribution is 7.10. The van der Waals surface area contributed by atoms with Crippen molar-refractivity contribution in [1.82, 2.24) is 9.88 Å². The lowest BCUT2D eigenvalue weighted by Gasteiger charge is -2.27. The summed E-state index contributed by atoms with van der Waals surface area (Å²) in [6.45, 7) is 1.94. The highest BCUT2D eigenvalue weighted by Crippen LogP contribution is 2.16. The number of aromatic nitrogens is 1. The normalized spacial score (nSPS) is 12.1. The Bertz CT molecular complexity index is 810. The second-order valence-electron chi connectivity index (χ2n) is 5.62. The van der Waals surface area contributed by atoms with Crippen LogP contribution >= 0.6 is 11.3 Å². The summed E-state index contributed by atoms with van der Waals surface area (Å²) < 4.78 is 0. The Kier molecular flexibility index (Phi) is 7.06. The number of benzene rings is 1. The number of hydrogen-bond acceptors (Lipinski definition) is 5. The highest BCUT2D eigenvalue weighted by atomic mass is 32.1. The van der Waals surface area contributed by atoms with E-state index in [1.165, 1.54) is 22.3 Å². The van der Waals surface area contributed by atoms with Crippen LogP contribution < -0.4 is 5.32 Å². The molecule has 6 nitrogen and oxygen atoms in total. The first-order chi connectivity index (χ1) is 12.6. The molecule has 1 heterocycles. The van der Waals surface area contributed by atoms with Crippen LogP contribution in [0.1, 0.15) is 24.8 Å². The van der Waals surface area contributed by atoms with Crippen LogP contribution in [0.5, 0.6) is 0 Å². The molecule has 1 unspecified atom stereocenters. The predicted molar refractivity (Wildman–Crippen MR) is 102 cm³/mol. The number of amides is 2. The van der Waals surface area contributed by atoms with Crippen molar-refractivity contribution < 1.29 is 9.59 Å². The Morgan fingerprint density at radius 2 is 2.12 bits per heavy atom. The first-order valence-corrected chi connectivity index (χ1v) is 9.09. The predicted octanol–water partition coefficient (Wildman–Crippen LogP) is 3.32. The Morgan fingerprint density at radius 1 is 1.38 bits per heavy atom. The van der Waals surface area contributed by atoms with E-state index in [-0.39, 0.29) is 11.5 Å². The van der Waals surface area contributed by atoms with Crippen molar-refractivity contribution in [2.24, 2.45) is 0 Å². The number of nitrogens with zero attached hydrogens (tertiary/aromatic N) is 3. The molecule has 0 aliphatic rings. The van der Waals surface area contributed by atoms with Crippen molar-refractivity contribution in [3.63, 3.8) is 0 Å². The van der Waals surface area contributed by atoms with Gasteiger partial charge in [0, 0.05) is 24.3 Å². The third-order valence-electron chi connectivity index (χ3n) is 3.76. The minimum Gasteiger partial charge on any atom is -0.329 e. The first-order valence-electron chi connectivity index (χ1n) is 8.21. The maximum absolute atomic E-state index is 12.7. The standard InChI is InChI=1S/C19H20N4O2S/c1-3-7-16(18(24)22-15-8-5-4-6-9-15)23(2)19(25)14(13-20)12-17-21-10-11-26-17/h4-6,8-12,16H,3,7H2,1-2H3,(H,22,24). The molecular weight excluding hydrogens is 348 g/mol. The van der Waals surface area contributed by atoms with Gasteiger partial charge in [0.1, 0.15) is 22.7 Å². The number of carbonyl (C=O) groups is 2. The molecule has 134 valence electrons. The minimum atomic E-state index is -0.666. The van der Waals surface area contributed by atoms with Gasteiger partial charge >= 0.3 is 0 Å². The molecule has 1 aromatic heterocycles. The summed E-state index contributed by atoms with van der Waals surface area (Å²) in [7, 11) is 1.54. The molecular formula is C19H20N4O2S. The summed E-state index contributed by atoms with van der Waals surface area (Å²) >= 11 is 1.33. The van der Waals surface area contributed by atoms with Crippen molar-refractivity contribution >= 4 is 34.9 Å². The van der Waals surface area contributed by atoms with E-state index in [1.54, 1.807) is 30.8 Å². The molecule has 2 rings (SSSR count). The van der Waals surface area contributed by atoms with E-state index in [0.29, 0.717) is 17.1 Å². The van der Waals surface area contributed by atoms with Crippen molar-refractivity contribution in [3.05, 3.63) is 52.5 Å². The van der Waals surface area contributed by atoms with Crippen LogP contribution in [0.3, 0.4) is 0 Å². The quantitative estimate of drug-likeness (QED) is 0.600. The topological polar surface area (TPSA) is 86.1 Å². The summed E-state index contributed by atoms with van der Waals surface area (Å²) in [5.74, 6) is -0.773. The van der Waals surface area contributed by atoms with E-state index in [2.05, 4.69) is 10.3 Å². The average molecular weight is 368 g/mol. The highest BCUT2D eigenvalue weighted by Gasteiger charge is 2.28. The van der Waals surface area contributed by atoms with Gasteiger partial charge in [-0.25, -0.2) is 4.98 Å². The van der Waals surface area contributed by atoms with Crippen LogP contribution in [0, 0.1) is 11.3 Å². The van der Waals surface area contributed by atoms with E-state index in [0.717, 1.165) is 6.42 Å². The van der Waals surface area contributed by atoms with Gasteiger partial charge in [0.2, 0.25) is 5.91 Å². The number of nitrogens with one attached hydrogen (secondary N) is 1. The summed E-state index contributed by atoms with van der Waals surface area (Å²) in [6.07, 6.45) is 4.27. The molecule has 0 spiro atoms. The van der Waals surface area contributed by atoms with E-state index >= 15 is 0 Å². The smallest absolute Gasteiger partial charge is 0.265 e. The molecule has 2 aromatic rings. The summed E-state index contributed by atoms with van der Waals surface area (Å²) in [5.41, 5.74) is 0.620. The van der Waals surface area contributed by atoms with Gasteiger partial charge in [-0.3, -0.25) is 9.59 Å². The van der Waals surface area contributed by atoms with Crippen LogP contribution in [-0.4, -0.2) is 34.8 Å². The molecule has 1 aromatic carbocycles. The van der Waals surface area contributed by atoms with Crippen molar-refractivity contribution in [1.29, 1.82) is 5.26 Å². The summed E-state index contributed by atoms with van der Waals surface area (Å²) in [5, 5.41) is 14.5. The van der Waals surface area contributed by atoms with Crippen LogP contribution in [0.2, 0.25) is 0 Å². The number of carbonyl (C=O) groups excluding carboxylic acids is 2. The van der Waals surface area contributed by atoms with Gasteiger partial charge in [0.15, 0.2) is 0 Å². The monoisotopic (exact) mass is 368 g/mol. The Hall–Kier alpha value is -2.98. The lowest BCUT2D eigenvalue weighted by atomic mass is 10.1. The second kappa shape index (κ2) is 9.49. The zero-order valence-electron chi connectivity index (χ0n) is 14.7. The van der Waals surface area contributed by atoms with Gasteiger partial charge in [0.05, 0.1) is 0 Å². The molecule has 0 aliphatic heterocycles. The third kappa shape index (κ3) is 5.01. The van der Waals surface area contributed by atoms with Gasteiger partial charge in [-0.15, -0.1) is 11.3 Å². The second-order valence-corrected chi connectivity index (χ2v) is 6.54. The molecule has 0 aliphatic carbocycles. The zero-order chi connectivity index (χ0) is 18.9. The van der Waals surface area contributed by atoms with Gasteiger partial charge in [-0.2, -0.15) is 5.26 Å². The number of rotatable bonds is 7.